The summed E-state index contributed by atoms with van der Waals surface area (Å²) in [6.07, 6.45) is 5.36. The number of fused-ring (bicyclic) bond motifs is 5. The van der Waals surface area contributed by atoms with E-state index in [0.29, 0.717) is 12.5 Å². The fourth-order valence-electron chi connectivity index (χ4n) is 8.58. The van der Waals surface area contributed by atoms with Gasteiger partial charge in [0.2, 0.25) is 6.79 Å². The fraction of sp³-hybridized carbons (Fsp3) is 0.682. The monoisotopic (exact) mass is 398 g/mol. The molecule has 5 fully saturated rings. The fourth-order valence-corrected chi connectivity index (χ4v) is 8.58. The van der Waals surface area contributed by atoms with Gasteiger partial charge in [0.25, 0.3) is 0 Å². The molecule has 0 unspecified atom stereocenters. The lowest BCUT2D eigenvalue weighted by atomic mass is 9.37. The third-order valence-electron chi connectivity index (χ3n) is 9.28. The molecule has 0 aromatic heterocycles. The van der Waals surface area contributed by atoms with Gasteiger partial charge in [0.05, 0.1) is 18.3 Å². The van der Waals surface area contributed by atoms with E-state index in [9.17, 15) is 9.90 Å². The van der Waals surface area contributed by atoms with E-state index < -0.39 is 17.1 Å². The van der Waals surface area contributed by atoms with E-state index >= 15 is 0 Å². The van der Waals surface area contributed by atoms with E-state index in [1.54, 1.807) is 0 Å². The Hall–Kier alpha value is -1.99. The number of rotatable bonds is 1. The van der Waals surface area contributed by atoms with Crippen molar-refractivity contribution in [3.8, 4) is 11.5 Å². The average molecular weight is 398 g/mol. The maximum absolute atomic E-state index is 13.2. The number of carbonyl (C=O) groups is 1. The predicted molar refractivity (Wildman–Crippen MR) is 103 cm³/mol. The molecule has 3 saturated carbocycles. The zero-order valence-corrected chi connectivity index (χ0v) is 16.6. The number of piperidine rings is 1. The molecule has 4 heterocycles. The summed E-state index contributed by atoms with van der Waals surface area (Å²) in [5.41, 5.74) is -0.637. The van der Waals surface area contributed by atoms with Crippen LogP contribution in [-0.4, -0.2) is 60.1 Å². The lowest BCUT2D eigenvalue weighted by molar-refractivity contribution is -0.223. The first kappa shape index (κ1) is 16.8. The minimum absolute atomic E-state index is 0.0564. The predicted octanol–water partition coefficient (Wildman–Crippen LogP) is 1.77. The molecular weight excluding hydrogens is 372 g/mol. The minimum Gasteiger partial charge on any atom is -0.467 e. The van der Waals surface area contributed by atoms with Gasteiger partial charge >= 0.3 is 5.97 Å². The molecule has 3 spiro atoms. The Morgan fingerprint density at radius 1 is 1.24 bits per heavy atom. The molecule has 3 aliphatic carbocycles. The second kappa shape index (κ2) is 4.83. The van der Waals surface area contributed by atoms with Crippen molar-refractivity contribution in [1.82, 2.24) is 4.90 Å². The summed E-state index contributed by atoms with van der Waals surface area (Å²) in [7, 11) is 1.39. The van der Waals surface area contributed by atoms with Crippen LogP contribution in [0.2, 0.25) is 0 Å². The number of aliphatic hydroxyl groups is 1. The molecule has 29 heavy (non-hydrogen) atoms. The molecule has 0 amide bonds. The SMILES string of the molecule is COC(=O)[C@]1(O)C[C@]23CCCN4CC[C@@]5(c6ccc7c(c6N[C@@]15CC2)OCO7)[C@@H]43. The van der Waals surface area contributed by atoms with Gasteiger partial charge in [-0.05, 0) is 68.7 Å². The summed E-state index contributed by atoms with van der Waals surface area (Å²) in [6.45, 7) is 2.30. The van der Waals surface area contributed by atoms with Crippen LogP contribution >= 0.6 is 0 Å². The molecule has 0 radical (unpaired) electrons. The van der Waals surface area contributed by atoms with Crippen LogP contribution < -0.4 is 14.8 Å². The number of anilines is 1. The summed E-state index contributed by atoms with van der Waals surface area (Å²) >= 11 is 0. The first-order valence-corrected chi connectivity index (χ1v) is 10.8. The summed E-state index contributed by atoms with van der Waals surface area (Å²) in [5, 5.41) is 15.8. The largest absolute Gasteiger partial charge is 0.467 e. The normalized spacial score (nSPS) is 45.4. The van der Waals surface area contributed by atoms with Crippen LogP contribution in [0, 0.1) is 5.41 Å². The Labute approximate surface area is 169 Å². The molecule has 2 saturated heterocycles. The summed E-state index contributed by atoms with van der Waals surface area (Å²) in [6, 6.07) is 4.47. The number of esters is 1. The molecule has 4 aliphatic heterocycles. The number of nitrogens with zero attached hydrogens (tertiary/aromatic N) is 1. The summed E-state index contributed by atoms with van der Waals surface area (Å²) < 4.78 is 16.7. The van der Waals surface area contributed by atoms with Crippen molar-refractivity contribution in [3.63, 3.8) is 0 Å². The van der Waals surface area contributed by atoms with Crippen molar-refractivity contribution in [2.24, 2.45) is 5.41 Å². The van der Waals surface area contributed by atoms with Crippen molar-refractivity contribution < 1.29 is 24.1 Å². The van der Waals surface area contributed by atoms with E-state index in [1.165, 1.54) is 12.7 Å². The van der Waals surface area contributed by atoms with Gasteiger partial charge in [0.15, 0.2) is 17.1 Å². The number of hydrogen-bond acceptors (Lipinski definition) is 7. The summed E-state index contributed by atoms with van der Waals surface area (Å²) in [5.74, 6) is 0.944. The highest BCUT2D eigenvalue weighted by atomic mass is 16.7. The second-order valence-corrected chi connectivity index (χ2v) is 9.91. The number of methoxy groups -OCH3 is 1. The zero-order valence-electron chi connectivity index (χ0n) is 16.6. The maximum Gasteiger partial charge on any atom is 0.340 e. The van der Waals surface area contributed by atoms with Crippen molar-refractivity contribution in [3.05, 3.63) is 17.7 Å². The van der Waals surface area contributed by atoms with Gasteiger partial charge in [-0.25, -0.2) is 4.79 Å². The number of nitrogens with one attached hydrogen (secondary N) is 1. The Kier molecular flexibility index (Phi) is 2.80. The first-order chi connectivity index (χ1) is 14.0. The quantitative estimate of drug-likeness (QED) is 0.698. The Morgan fingerprint density at radius 2 is 2.14 bits per heavy atom. The molecule has 154 valence electrons. The molecule has 1 aromatic rings. The van der Waals surface area contributed by atoms with E-state index in [1.807, 2.05) is 6.07 Å². The molecule has 7 aliphatic rings. The topological polar surface area (TPSA) is 80.3 Å². The van der Waals surface area contributed by atoms with Gasteiger partial charge in [-0.3, -0.25) is 4.90 Å². The van der Waals surface area contributed by atoms with E-state index in [-0.39, 0.29) is 17.6 Å². The minimum atomic E-state index is -1.56. The molecule has 1 aromatic carbocycles. The standard InChI is InChI=1S/C22H26N2O5/c1-27-18(25)21(26)11-19-5-2-9-24-10-8-20(17(19)24)13-3-4-14-16(29-12-28-14)15(13)23-22(20,21)7-6-19/h3-4,17,23,26H,2,5-12H2,1H3/t17-,19-,20+,21+,22+/m0/s1. The molecule has 5 atom stereocenters. The van der Waals surface area contributed by atoms with Gasteiger partial charge in [-0.15, -0.1) is 0 Å². The third-order valence-corrected chi connectivity index (χ3v) is 9.28. The highest BCUT2D eigenvalue weighted by Crippen LogP contribution is 2.76. The van der Waals surface area contributed by atoms with Crippen molar-refractivity contribution >= 4 is 11.7 Å². The van der Waals surface area contributed by atoms with Crippen molar-refractivity contribution in [1.29, 1.82) is 0 Å². The van der Waals surface area contributed by atoms with E-state index in [2.05, 4.69) is 16.3 Å². The van der Waals surface area contributed by atoms with E-state index in [4.69, 9.17) is 14.2 Å². The Bertz CT molecular complexity index is 967. The number of hydrogen-bond donors (Lipinski definition) is 2. The number of benzene rings is 1. The van der Waals surface area contributed by atoms with Crippen LogP contribution in [0.1, 0.15) is 44.1 Å². The van der Waals surface area contributed by atoms with Gasteiger partial charge < -0.3 is 24.6 Å². The summed E-state index contributed by atoms with van der Waals surface area (Å²) in [4.78, 5) is 15.8. The molecule has 8 rings (SSSR count). The van der Waals surface area contributed by atoms with Gasteiger partial charge in [-0.1, -0.05) is 6.07 Å². The number of carbonyl (C=O) groups excluding carboxylic acids is 1. The molecule has 7 heteroatoms. The second-order valence-electron chi connectivity index (χ2n) is 9.91. The average Bonchev–Trinajstić information content (AvgIpc) is 3.43. The zero-order chi connectivity index (χ0) is 19.6. The molecule has 2 bridgehead atoms. The van der Waals surface area contributed by atoms with Crippen LogP contribution in [0.4, 0.5) is 5.69 Å². The van der Waals surface area contributed by atoms with E-state index in [0.717, 1.165) is 62.4 Å². The lowest BCUT2D eigenvalue weighted by Gasteiger charge is -2.71. The van der Waals surface area contributed by atoms with Gasteiger partial charge in [0.1, 0.15) is 0 Å². The number of ether oxygens (including phenoxy) is 3. The molecular formula is C22H26N2O5. The van der Waals surface area contributed by atoms with Crippen LogP contribution in [-0.2, 0) is 14.9 Å². The first-order valence-electron chi connectivity index (χ1n) is 10.8. The molecule has 7 nitrogen and oxygen atoms in total. The van der Waals surface area contributed by atoms with Gasteiger partial charge in [0, 0.05) is 11.5 Å². The smallest absolute Gasteiger partial charge is 0.340 e. The highest BCUT2D eigenvalue weighted by molar-refractivity contribution is 5.88. The maximum atomic E-state index is 13.2. The Morgan fingerprint density at radius 3 is 3.00 bits per heavy atom. The van der Waals surface area contributed by atoms with Crippen LogP contribution in [0.25, 0.3) is 0 Å². The lowest BCUT2D eigenvalue weighted by Crippen LogP contribution is -2.83. The van der Waals surface area contributed by atoms with Crippen molar-refractivity contribution in [2.75, 3.05) is 32.3 Å². The van der Waals surface area contributed by atoms with Crippen LogP contribution in [0.15, 0.2) is 12.1 Å². The van der Waals surface area contributed by atoms with Crippen LogP contribution in [0.5, 0.6) is 11.5 Å². The third kappa shape index (κ3) is 1.50. The van der Waals surface area contributed by atoms with Crippen molar-refractivity contribution in [2.45, 2.75) is 61.1 Å². The molecule has 2 N–H and O–H groups in total. The Balaban J connectivity index is 1.56. The van der Waals surface area contributed by atoms with Crippen LogP contribution in [0.3, 0.4) is 0 Å². The van der Waals surface area contributed by atoms with Gasteiger partial charge in [-0.2, -0.15) is 0 Å². The highest BCUT2D eigenvalue weighted by Gasteiger charge is 2.84.